The lowest BCUT2D eigenvalue weighted by atomic mass is 9.79. The van der Waals surface area contributed by atoms with E-state index >= 15 is 0 Å². The molecule has 8 heteroatoms. The summed E-state index contributed by atoms with van der Waals surface area (Å²) in [5, 5.41) is 0. The minimum Gasteiger partial charge on any atom is -0.451 e. The molecule has 2 fully saturated rings. The summed E-state index contributed by atoms with van der Waals surface area (Å²) in [4.78, 5) is 0. The Balaban J connectivity index is 1.31. The van der Waals surface area contributed by atoms with E-state index in [4.69, 9.17) is 28.1 Å². The van der Waals surface area contributed by atoms with Crippen LogP contribution in [0.3, 0.4) is 0 Å². The summed E-state index contributed by atoms with van der Waals surface area (Å²) in [6.07, 6.45) is -0.601. The maximum absolute atomic E-state index is 6.20. The first-order valence-electron chi connectivity index (χ1n) is 10.4. The molecular formula is C23H22B2O6. The quantitative estimate of drug-likeness (QED) is 0.436. The number of hydrogen-bond acceptors (Lipinski definition) is 6. The molecule has 0 amide bonds. The molecular weight excluding hydrogens is 394 g/mol. The summed E-state index contributed by atoms with van der Waals surface area (Å²) in [6.45, 7) is 2.46. The molecule has 0 spiro atoms. The molecule has 3 aromatic carbocycles. The molecule has 31 heavy (non-hydrogen) atoms. The normalized spacial score (nSPS) is 16.2. The summed E-state index contributed by atoms with van der Waals surface area (Å²) in [5.41, 5.74) is 2.85. The van der Waals surface area contributed by atoms with Crippen molar-refractivity contribution in [2.75, 3.05) is 26.4 Å². The number of hydrogen-bond donors (Lipinski definition) is 0. The molecule has 0 saturated carbocycles. The van der Waals surface area contributed by atoms with E-state index in [9.17, 15) is 0 Å². The Labute approximate surface area is 182 Å². The van der Waals surface area contributed by atoms with Gasteiger partial charge in [0.2, 0.25) is 0 Å². The van der Waals surface area contributed by atoms with Gasteiger partial charge in [0, 0.05) is 5.56 Å². The van der Waals surface area contributed by atoms with E-state index < -0.39 is 6.29 Å². The maximum Gasteiger partial charge on any atom is 0.494 e. The molecule has 5 rings (SSSR count). The Kier molecular flexibility index (Phi) is 6.22. The van der Waals surface area contributed by atoms with Gasteiger partial charge in [-0.15, -0.1) is 0 Å². The molecule has 3 aromatic rings. The van der Waals surface area contributed by atoms with Crippen LogP contribution in [0.25, 0.3) is 0 Å². The van der Waals surface area contributed by atoms with Gasteiger partial charge in [0.05, 0.1) is 26.4 Å². The largest absolute Gasteiger partial charge is 0.494 e. The Morgan fingerprint density at radius 1 is 0.548 bits per heavy atom. The van der Waals surface area contributed by atoms with Gasteiger partial charge in [-0.2, -0.15) is 0 Å². The fourth-order valence-corrected chi connectivity index (χ4v) is 3.53. The fourth-order valence-electron chi connectivity index (χ4n) is 3.53. The molecule has 0 aromatic heterocycles. The Hall–Kier alpha value is -2.77. The molecule has 0 bridgehead atoms. The Morgan fingerprint density at radius 2 is 0.968 bits per heavy atom. The molecule has 2 aliphatic rings. The lowest BCUT2D eigenvalue weighted by Gasteiger charge is -2.21. The van der Waals surface area contributed by atoms with E-state index in [1.807, 2.05) is 78.9 Å². The third-order valence-corrected chi connectivity index (χ3v) is 5.11. The average Bonchev–Trinajstić information content (AvgIpc) is 3.55. The highest BCUT2D eigenvalue weighted by Crippen LogP contribution is 2.25. The van der Waals surface area contributed by atoms with Crippen LogP contribution in [0, 0.1) is 0 Å². The van der Waals surface area contributed by atoms with Crippen molar-refractivity contribution in [3.05, 3.63) is 84.4 Å². The predicted octanol–water partition coefficient (Wildman–Crippen LogP) is 2.33. The average molecular weight is 416 g/mol. The first-order chi connectivity index (χ1) is 15.3. The van der Waals surface area contributed by atoms with Gasteiger partial charge >= 0.3 is 14.2 Å². The summed E-state index contributed by atoms with van der Waals surface area (Å²) < 4.78 is 34.6. The van der Waals surface area contributed by atoms with Crippen LogP contribution in [-0.4, -0.2) is 40.7 Å². The van der Waals surface area contributed by atoms with Gasteiger partial charge in [-0.05, 0) is 35.2 Å². The summed E-state index contributed by atoms with van der Waals surface area (Å²) in [7, 11) is -0.608. The number of rotatable bonds is 7. The number of benzene rings is 3. The maximum atomic E-state index is 6.20. The highest BCUT2D eigenvalue weighted by atomic mass is 16.7. The van der Waals surface area contributed by atoms with Crippen molar-refractivity contribution >= 4 is 25.2 Å². The highest BCUT2D eigenvalue weighted by Gasteiger charge is 2.27. The van der Waals surface area contributed by atoms with Gasteiger partial charge in [0.25, 0.3) is 6.29 Å². The molecule has 156 valence electrons. The van der Waals surface area contributed by atoms with Crippen LogP contribution in [0.4, 0.5) is 0 Å². The molecule has 2 heterocycles. The van der Waals surface area contributed by atoms with Crippen LogP contribution in [0.2, 0.25) is 0 Å². The van der Waals surface area contributed by atoms with Crippen LogP contribution >= 0.6 is 0 Å². The van der Waals surface area contributed by atoms with Gasteiger partial charge in [-0.3, -0.25) is 0 Å². The minimum absolute atomic E-state index is 0.304. The molecule has 2 aliphatic heterocycles. The first-order valence-corrected chi connectivity index (χ1v) is 10.4. The van der Waals surface area contributed by atoms with Crippen molar-refractivity contribution in [3.8, 4) is 11.5 Å². The first kappa shape index (κ1) is 20.2. The van der Waals surface area contributed by atoms with Crippen molar-refractivity contribution in [1.29, 1.82) is 0 Å². The lowest BCUT2D eigenvalue weighted by Crippen LogP contribution is -2.31. The lowest BCUT2D eigenvalue weighted by molar-refractivity contribution is 0.00384. The van der Waals surface area contributed by atoms with Crippen LogP contribution in [0.5, 0.6) is 11.5 Å². The molecule has 0 radical (unpaired) electrons. The van der Waals surface area contributed by atoms with Gasteiger partial charge in [0.15, 0.2) is 0 Å². The second kappa shape index (κ2) is 9.58. The van der Waals surface area contributed by atoms with Crippen molar-refractivity contribution in [2.24, 2.45) is 0 Å². The minimum atomic E-state index is -0.601. The van der Waals surface area contributed by atoms with Crippen molar-refractivity contribution in [3.63, 3.8) is 0 Å². The summed E-state index contributed by atoms with van der Waals surface area (Å²) in [6, 6.07) is 25.2. The summed E-state index contributed by atoms with van der Waals surface area (Å²) >= 11 is 0. The molecule has 0 unspecified atom stereocenters. The topological polar surface area (TPSA) is 55.4 Å². The molecule has 0 aliphatic carbocycles. The second-order valence-electron chi connectivity index (χ2n) is 7.26. The zero-order chi connectivity index (χ0) is 20.9. The molecule has 0 atom stereocenters. The van der Waals surface area contributed by atoms with Gasteiger partial charge in [0.1, 0.15) is 11.5 Å². The van der Waals surface area contributed by atoms with Gasteiger partial charge in [-0.25, -0.2) is 0 Å². The third kappa shape index (κ3) is 4.94. The van der Waals surface area contributed by atoms with E-state index in [-0.39, 0.29) is 14.2 Å². The SMILES string of the molecule is c1ccc(C(Oc2ccc(B3OCCO3)cc2)Oc2ccc(B3OCCO3)cc2)cc1. The predicted molar refractivity (Wildman–Crippen MR) is 118 cm³/mol. The zero-order valence-corrected chi connectivity index (χ0v) is 17.0. The van der Waals surface area contributed by atoms with Gasteiger partial charge < -0.3 is 28.1 Å². The van der Waals surface area contributed by atoms with Crippen molar-refractivity contribution in [1.82, 2.24) is 0 Å². The van der Waals surface area contributed by atoms with E-state index in [2.05, 4.69) is 0 Å². The van der Waals surface area contributed by atoms with E-state index in [0.29, 0.717) is 37.9 Å². The summed E-state index contributed by atoms with van der Waals surface area (Å²) in [5.74, 6) is 1.39. The third-order valence-electron chi connectivity index (χ3n) is 5.11. The fraction of sp³-hybridized carbons (Fsp3) is 0.217. The van der Waals surface area contributed by atoms with E-state index in [0.717, 1.165) is 16.5 Å². The van der Waals surface area contributed by atoms with Crippen molar-refractivity contribution < 1.29 is 28.1 Å². The number of ether oxygens (including phenoxy) is 2. The monoisotopic (exact) mass is 416 g/mol. The standard InChI is InChI=1S/C23H22B2O6/c1-2-4-18(5-3-1)23(30-21-10-6-19(7-11-21)24-26-14-15-27-24)31-22-12-8-20(9-13-22)25-28-16-17-29-25/h1-13,23H,14-17H2. The molecule has 2 saturated heterocycles. The van der Waals surface area contributed by atoms with Crippen LogP contribution in [0.1, 0.15) is 11.9 Å². The Morgan fingerprint density at radius 3 is 1.39 bits per heavy atom. The van der Waals surface area contributed by atoms with E-state index in [1.54, 1.807) is 0 Å². The molecule has 0 N–H and O–H groups in total. The van der Waals surface area contributed by atoms with Gasteiger partial charge in [-0.1, -0.05) is 54.6 Å². The Bertz CT molecular complexity index is 894. The van der Waals surface area contributed by atoms with E-state index in [1.165, 1.54) is 0 Å². The smallest absolute Gasteiger partial charge is 0.451 e. The zero-order valence-electron chi connectivity index (χ0n) is 17.0. The van der Waals surface area contributed by atoms with Crippen LogP contribution in [-0.2, 0) is 18.6 Å². The van der Waals surface area contributed by atoms with Crippen LogP contribution < -0.4 is 20.4 Å². The molecule has 6 nitrogen and oxygen atoms in total. The highest BCUT2D eigenvalue weighted by molar-refractivity contribution is 6.62. The second-order valence-corrected chi connectivity index (χ2v) is 7.26. The van der Waals surface area contributed by atoms with Crippen molar-refractivity contribution in [2.45, 2.75) is 6.29 Å². The van der Waals surface area contributed by atoms with Crippen LogP contribution in [0.15, 0.2) is 78.9 Å².